The van der Waals surface area contributed by atoms with Gasteiger partial charge in [-0.2, -0.15) is 0 Å². The Hall–Kier alpha value is -2.18. The molecule has 0 fully saturated rings. The van der Waals surface area contributed by atoms with Gasteiger partial charge in [0.25, 0.3) is 5.91 Å². The molecule has 0 saturated heterocycles. The first-order chi connectivity index (χ1) is 11.3. The average Bonchev–Trinajstić information content (AvgIpc) is 2.56. The lowest BCUT2D eigenvalue weighted by Gasteiger charge is -2.10. The number of nitrogens with one attached hydrogen (secondary N) is 2. The van der Waals surface area contributed by atoms with Gasteiger partial charge in [0, 0.05) is 18.7 Å². The molecular weight excluding hydrogens is 324 g/mol. The minimum absolute atomic E-state index is 0.139. The summed E-state index contributed by atoms with van der Waals surface area (Å²) < 4.78 is 27.5. The van der Waals surface area contributed by atoms with Crippen LogP contribution < -0.4 is 10.0 Å². The first kappa shape index (κ1) is 18.2. The van der Waals surface area contributed by atoms with Crippen LogP contribution in [0.25, 0.3) is 0 Å². The van der Waals surface area contributed by atoms with Crippen LogP contribution in [0.3, 0.4) is 0 Å². The third-order valence-electron chi connectivity index (χ3n) is 3.65. The zero-order valence-electron chi connectivity index (χ0n) is 14.1. The second-order valence-electron chi connectivity index (χ2n) is 5.65. The highest BCUT2D eigenvalue weighted by Crippen LogP contribution is 2.17. The van der Waals surface area contributed by atoms with E-state index < -0.39 is 10.0 Å². The molecule has 0 saturated carbocycles. The molecule has 2 aromatic rings. The summed E-state index contributed by atoms with van der Waals surface area (Å²) in [4.78, 5) is 12.0. The first-order valence-corrected chi connectivity index (χ1v) is 9.26. The quantitative estimate of drug-likeness (QED) is 0.844. The number of carbonyl (C=O) groups is 1. The number of benzene rings is 2. The van der Waals surface area contributed by atoms with Crippen LogP contribution in [0.4, 0.5) is 0 Å². The maximum Gasteiger partial charge on any atom is 0.251 e. The molecule has 5 nitrogen and oxygen atoms in total. The van der Waals surface area contributed by atoms with Crippen molar-refractivity contribution in [3.8, 4) is 0 Å². The van der Waals surface area contributed by atoms with E-state index in [2.05, 4.69) is 10.0 Å². The third-order valence-corrected chi connectivity index (χ3v) is 5.20. The Labute approximate surface area is 143 Å². The van der Waals surface area contributed by atoms with Gasteiger partial charge in [-0.3, -0.25) is 4.79 Å². The van der Waals surface area contributed by atoms with Crippen molar-refractivity contribution in [3.63, 3.8) is 0 Å². The number of amides is 1. The topological polar surface area (TPSA) is 75.3 Å². The molecule has 0 aliphatic heterocycles. The number of sulfonamides is 1. The first-order valence-electron chi connectivity index (χ1n) is 7.77. The molecule has 2 aromatic carbocycles. The van der Waals surface area contributed by atoms with Crippen molar-refractivity contribution >= 4 is 15.9 Å². The Morgan fingerprint density at radius 3 is 2.33 bits per heavy atom. The van der Waals surface area contributed by atoms with Crippen LogP contribution >= 0.6 is 0 Å². The molecule has 24 heavy (non-hydrogen) atoms. The van der Waals surface area contributed by atoms with Crippen LogP contribution in [0.15, 0.2) is 47.4 Å². The summed E-state index contributed by atoms with van der Waals surface area (Å²) in [6.45, 7) is 6.23. The molecule has 0 atom stereocenters. The van der Waals surface area contributed by atoms with E-state index in [0.29, 0.717) is 22.6 Å². The van der Waals surface area contributed by atoms with Gasteiger partial charge < -0.3 is 5.32 Å². The molecule has 0 heterocycles. The fraction of sp³-hybridized carbons (Fsp3) is 0.278. The highest BCUT2D eigenvalue weighted by Gasteiger charge is 2.16. The van der Waals surface area contributed by atoms with Crippen molar-refractivity contribution in [2.45, 2.75) is 32.2 Å². The fourth-order valence-electron chi connectivity index (χ4n) is 2.29. The minimum atomic E-state index is -3.58. The van der Waals surface area contributed by atoms with Gasteiger partial charge in [-0.15, -0.1) is 0 Å². The number of carbonyl (C=O) groups excluding carboxylic acids is 1. The minimum Gasteiger partial charge on any atom is -0.352 e. The molecule has 2 N–H and O–H groups in total. The third kappa shape index (κ3) is 4.43. The van der Waals surface area contributed by atoms with Crippen LogP contribution in [0.5, 0.6) is 0 Å². The van der Waals surface area contributed by atoms with E-state index in [0.717, 1.165) is 11.1 Å². The maximum atomic E-state index is 12.5. The standard InChI is InChI=1S/C18H22N2O3S/c1-4-19-18(21)16-9-7-15(8-10-16)12-20-24(22,23)17-11-13(2)5-6-14(17)3/h5-11,20H,4,12H2,1-3H3,(H,19,21). The Bertz CT molecular complexity index is 828. The fourth-order valence-corrected chi connectivity index (χ4v) is 3.63. The van der Waals surface area contributed by atoms with E-state index in [4.69, 9.17) is 0 Å². The second-order valence-corrected chi connectivity index (χ2v) is 7.39. The molecule has 0 aliphatic carbocycles. The van der Waals surface area contributed by atoms with E-state index in [1.54, 1.807) is 43.3 Å². The van der Waals surface area contributed by atoms with Gasteiger partial charge in [0.1, 0.15) is 0 Å². The Morgan fingerprint density at radius 2 is 1.71 bits per heavy atom. The van der Waals surface area contributed by atoms with Crippen LogP contribution in [0.2, 0.25) is 0 Å². The van der Waals surface area contributed by atoms with E-state index in [9.17, 15) is 13.2 Å². The SMILES string of the molecule is CCNC(=O)c1ccc(CNS(=O)(=O)c2cc(C)ccc2C)cc1. The van der Waals surface area contributed by atoms with Gasteiger partial charge in [0.2, 0.25) is 10.0 Å². The van der Waals surface area contributed by atoms with Gasteiger partial charge in [-0.05, 0) is 55.7 Å². The summed E-state index contributed by atoms with van der Waals surface area (Å²) in [6, 6.07) is 12.2. The number of aryl methyl sites for hydroxylation is 2. The molecule has 128 valence electrons. The van der Waals surface area contributed by atoms with Crippen molar-refractivity contribution in [2.24, 2.45) is 0 Å². The largest absolute Gasteiger partial charge is 0.352 e. The Kier molecular flexibility index (Phi) is 5.75. The molecule has 0 radical (unpaired) electrons. The zero-order valence-corrected chi connectivity index (χ0v) is 14.9. The van der Waals surface area contributed by atoms with Crippen molar-refractivity contribution in [2.75, 3.05) is 6.54 Å². The van der Waals surface area contributed by atoms with Crippen LogP contribution in [-0.4, -0.2) is 20.9 Å². The highest BCUT2D eigenvalue weighted by atomic mass is 32.2. The summed E-state index contributed by atoms with van der Waals surface area (Å²) in [5.41, 5.74) is 2.95. The summed E-state index contributed by atoms with van der Waals surface area (Å²) >= 11 is 0. The van der Waals surface area contributed by atoms with Crippen molar-refractivity contribution in [1.82, 2.24) is 10.0 Å². The molecule has 2 rings (SSSR count). The van der Waals surface area contributed by atoms with E-state index in [1.807, 2.05) is 19.9 Å². The van der Waals surface area contributed by atoms with Crippen molar-refractivity contribution in [1.29, 1.82) is 0 Å². The highest BCUT2D eigenvalue weighted by molar-refractivity contribution is 7.89. The normalized spacial score (nSPS) is 11.3. The van der Waals surface area contributed by atoms with Crippen LogP contribution in [0, 0.1) is 13.8 Å². The van der Waals surface area contributed by atoms with Crippen LogP contribution in [-0.2, 0) is 16.6 Å². The summed E-state index contributed by atoms with van der Waals surface area (Å²) in [5.74, 6) is -0.139. The molecule has 1 amide bonds. The van der Waals surface area contributed by atoms with Crippen molar-refractivity contribution in [3.05, 3.63) is 64.7 Å². The molecular formula is C18H22N2O3S. The predicted octanol–water partition coefficient (Wildman–Crippen LogP) is 2.53. The van der Waals surface area contributed by atoms with Crippen LogP contribution in [0.1, 0.15) is 34.0 Å². The molecule has 0 bridgehead atoms. The van der Waals surface area contributed by atoms with Gasteiger partial charge in [0.15, 0.2) is 0 Å². The summed E-state index contributed by atoms with van der Waals surface area (Å²) in [6.07, 6.45) is 0. The predicted molar refractivity (Wildman–Crippen MR) is 94.4 cm³/mol. The lowest BCUT2D eigenvalue weighted by Crippen LogP contribution is -2.24. The molecule has 0 aliphatic rings. The number of hydrogen-bond acceptors (Lipinski definition) is 3. The second kappa shape index (κ2) is 7.59. The molecule has 6 heteroatoms. The lowest BCUT2D eigenvalue weighted by atomic mass is 10.1. The van der Waals surface area contributed by atoms with E-state index in [-0.39, 0.29) is 12.5 Å². The Morgan fingerprint density at radius 1 is 1.04 bits per heavy atom. The smallest absolute Gasteiger partial charge is 0.251 e. The number of hydrogen-bond donors (Lipinski definition) is 2. The Balaban J connectivity index is 2.09. The molecule has 0 unspecified atom stereocenters. The molecule has 0 aromatic heterocycles. The van der Waals surface area contributed by atoms with Gasteiger partial charge in [-0.25, -0.2) is 13.1 Å². The van der Waals surface area contributed by atoms with E-state index in [1.165, 1.54) is 0 Å². The van der Waals surface area contributed by atoms with E-state index >= 15 is 0 Å². The van der Waals surface area contributed by atoms with Crippen molar-refractivity contribution < 1.29 is 13.2 Å². The van der Waals surface area contributed by atoms with Gasteiger partial charge >= 0.3 is 0 Å². The molecule has 0 spiro atoms. The van der Waals surface area contributed by atoms with Gasteiger partial charge in [-0.1, -0.05) is 24.3 Å². The summed E-state index contributed by atoms with van der Waals surface area (Å²) in [5, 5.41) is 2.72. The number of rotatable bonds is 6. The average molecular weight is 346 g/mol. The zero-order chi connectivity index (χ0) is 17.7. The summed E-state index contributed by atoms with van der Waals surface area (Å²) in [7, 11) is -3.58. The lowest BCUT2D eigenvalue weighted by molar-refractivity contribution is 0.0956. The monoisotopic (exact) mass is 346 g/mol. The van der Waals surface area contributed by atoms with Gasteiger partial charge in [0.05, 0.1) is 4.90 Å². The maximum absolute atomic E-state index is 12.5.